The average molecular weight is 190 g/mol. The van der Waals surface area contributed by atoms with Gasteiger partial charge in [-0.15, -0.1) is 0 Å². The molecule has 2 rings (SSSR count). The number of aromatic nitrogens is 1. The Balaban J connectivity index is 2.04. The van der Waals surface area contributed by atoms with E-state index in [9.17, 15) is 0 Å². The highest BCUT2D eigenvalue weighted by Crippen LogP contribution is 2.24. The van der Waals surface area contributed by atoms with Crippen molar-refractivity contribution in [2.45, 2.75) is 32.2 Å². The standard InChI is InChI=1S/C12H18N2/c1-10-2-3-12(14-9-4-10)11-5-7-13-8-6-11/h5-8,10,12,14H,2-4,9H2,1H3. The third kappa shape index (κ3) is 2.32. The molecule has 0 bridgehead atoms. The zero-order valence-electron chi connectivity index (χ0n) is 8.74. The SMILES string of the molecule is CC1CCNC(c2ccncc2)CC1. The number of nitrogens with one attached hydrogen (secondary N) is 1. The Hall–Kier alpha value is -0.890. The molecule has 2 unspecified atom stereocenters. The van der Waals surface area contributed by atoms with Gasteiger partial charge in [0.25, 0.3) is 0 Å². The third-order valence-electron chi connectivity index (χ3n) is 3.08. The van der Waals surface area contributed by atoms with Crippen LogP contribution in [0, 0.1) is 5.92 Å². The summed E-state index contributed by atoms with van der Waals surface area (Å²) in [7, 11) is 0. The van der Waals surface area contributed by atoms with Gasteiger partial charge in [0.15, 0.2) is 0 Å². The average Bonchev–Trinajstić information content (AvgIpc) is 2.44. The van der Waals surface area contributed by atoms with Gasteiger partial charge in [0, 0.05) is 18.4 Å². The molecule has 1 fully saturated rings. The molecule has 0 aromatic carbocycles. The number of nitrogens with zero attached hydrogens (tertiary/aromatic N) is 1. The summed E-state index contributed by atoms with van der Waals surface area (Å²) in [5, 5.41) is 3.60. The van der Waals surface area contributed by atoms with Crippen LogP contribution in [0.2, 0.25) is 0 Å². The van der Waals surface area contributed by atoms with E-state index in [0.29, 0.717) is 6.04 Å². The van der Waals surface area contributed by atoms with Crippen LogP contribution in [0.3, 0.4) is 0 Å². The van der Waals surface area contributed by atoms with Gasteiger partial charge in [-0.2, -0.15) is 0 Å². The molecule has 1 N–H and O–H groups in total. The summed E-state index contributed by atoms with van der Waals surface area (Å²) in [6.07, 6.45) is 7.66. The van der Waals surface area contributed by atoms with Gasteiger partial charge in [0.2, 0.25) is 0 Å². The Morgan fingerprint density at radius 1 is 1.21 bits per heavy atom. The van der Waals surface area contributed by atoms with E-state index < -0.39 is 0 Å². The molecule has 0 amide bonds. The summed E-state index contributed by atoms with van der Waals surface area (Å²) < 4.78 is 0. The summed E-state index contributed by atoms with van der Waals surface area (Å²) >= 11 is 0. The lowest BCUT2D eigenvalue weighted by molar-refractivity contribution is 0.502. The Morgan fingerprint density at radius 2 is 2.00 bits per heavy atom. The molecular formula is C12H18N2. The molecular weight excluding hydrogens is 172 g/mol. The minimum Gasteiger partial charge on any atom is -0.310 e. The van der Waals surface area contributed by atoms with Crippen molar-refractivity contribution in [3.05, 3.63) is 30.1 Å². The van der Waals surface area contributed by atoms with E-state index in [1.807, 2.05) is 12.4 Å². The smallest absolute Gasteiger partial charge is 0.0321 e. The molecule has 1 aliphatic rings. The fourth-order valence-electron chi connectivity index (χ4n) is 2.08. The maximum Gasteiger partial charge on any atom is 0.0321 e. The topological polar surface area (TPSA) is 24.9 Å². The molecule has 2 nitrogen and oxygen atoms in total. The molecule has 2 heteroatoms. The van der Waals surface area contributed by atoms with Gasteiger partial charge in [0.1, 0.15) is 0 Å². The molecule has 1 aromatic heterocycles. The fraction of sp³-hybridized carbons (Fsp3) is 0.583. The summed E-state index contributed by atoms with van der Waals surface area (Å²) in [5.74, 6) is 0.870. The molecule has 0 saturated carbocycles. The van der Waals surface area contributed by atoms with E-state index in [4.69, 9.17) is 0 Å². The maximum atomic E-state index is 4.05. The Labute approximate surface area is 85.7 Å². The van der Waals surface area contributed by atoms with E-state index in [-0.39, 0.29) is 0 Å². The Morgan fingerprint density at radius 3 is 2.79 bits per heavy atom. The van der Waals surface area contributed by atoms with Crippen LogP contribution < -0.4 is 5.32 Å². The van der Waals surface area contributed by atoms with Crippen molar-refractivity contribution in [3.8, 4) is 0 Å². The van der Waals surface area contributed by atoms with Crippen molar-refractivity contribution < 1.29 is 0 Å². The second kappa shape index (κ2) is 4.56. The number of rotatable bonds is 1. The lowest BCUT2D eigenvalue weighted by Gasteiger charge is -2.15. The summed E-state index contributed by atoms with van der Waals surface area (Å²) in [4.78, 5) is 4.05. The molecule has 2 atom stereocenters. The van der Waals surface area contributed by atoms with Gasteiger partial charge in [-0.25, -0.2) is 0 Å². The minimum atomic E-state index is 0.544. The minimum absolute atomic E-state index is 0.544. The Bertz CT molecular complexity index is 271. The number of pyridine rings is 1. The van der Waals surface area contributed by atoms with Crippen LogP contribution in [0.5, 0.6) is 0 Å². The highest BCUT2D eigenvalue weighted by molar-refractivity contribution is 5.15. The fourth-order valence-corrected chi connectivity index (χ4v) is 2.08. The molecule has 2 heterocycles. The molecule has 0 spiro atoms. The summed E-state index contributed by atoms with van der Waals surface area (Å²) in [6.45, 7) is 3.49. The normalized spacial score (nSPS) is 28.4. The highest BCUT2D eigenvalue weighted by Gasteiger charge is 2.16. The second-order valence-electron chi connectivity index (χ2n) is 4.26. The van der Waals surface area contributed by atoms with Crippen LogP contribution in [-0.2, 0) is 0 Å². The predicted octanol–water partition coefficient (Wildman–Crippen LogP) is 2.53. The molecule has 14 heavy (non-hydrogen) atoms. The Kier molecular flexibility index (Phi) is 3.14. The molecule has 1 saturated heterocycles. The zero-order chi connectivity index (χ0) is 9.80. The second-order valence-corrected chi connectivity index (χ2v) is 4.26. The first-order valence-corrected chi connectivity index (χ1v) is 5.49. The third-order valence-corrected chi connectivity index (χ3v) is 3.08. The van der Waals surface area contributed by atoms with Crippen molar-refractivity contribution in [1.82, 2.24) is 10.3 Å². The van der Waals surface area contributed by atoms with Crippen LogP contribution in [0.1, 0.15) is 37.8 Å². The van der Waals surface area contributed by atoms with Crippen LogP contribution >= 0.6 is 0 Å². The van der Waals surface area contributed by atoms with Gasteiger partial charge in [0.05, 0.1) is 0 Å². The van der Waals surface area contributed by atoms with Gasteiger partial charge in [-0.05, 0) is 49.4 Å². The van der Waals surface area contributed by atoms with Crippen molar-refractivity contribution in [1.29, 1.82) is 0 Å². The van der Waals surface area contributed by atoms with Gasteiger partial charge >= 0.3 is 0 Å². The monoisotopic (exact) mass is 190 g/mol. The van der Waals surface area contributed by atoms with Crippen LogP contribution in [0.15, 0.2) is 24.5 Å². The lowest BCUT2D eigenvalue weighted by atomic mass is 9.98. The first kappa shape index (κ1) is 9.66. The largest absolute Gasteiger partial charge is 0.310 e. The van der Waals surface area contributed by atoms with Crippen molar-refractivity contribution in [2.24, 2.45) is 5.92 Å². The first-order valence-electron chi connectivity index (χ1n) is 5.49. The maximum absolute atomic E-state index is 4.05. The van der Waals surface area contributed by atoms with Crippen LogP contribution in [0.25, 0.3) is 0 Å². The summed E-state index contributed by atoms with van der Waals surface area (Å²) in [5.41, 5.74) is 1.38. The zero-order valence-corrected chi connectivity index (χ0v) is 8.74. The van der Waals surface area contributed by atoms with Crippen molar-refractivity contribution in [3.63, 3.8) is 0 Å². The van der Waals surface area contributed by atoms with Crippen LogP contribution in [-0.4, -0.2) is 11.5 Å². The van der Waals surface area contributed by atoms with Gasteiger partial charge < -0.3 is 5.32 Å². The highest BCUT2D eigenvalue weighted by atomic mass is 14.9. The van der Waals surface area contributed by atoms with E-state index in [2.05, 4.69) is 29.4 Å². The molecule has 0 aliphatic carbocycles. The number of hydrogen-bond donors (Lipinski definition) is 1. The summed E-state index contributed by atoms with van der Waals surface area (Å²) in [6, 6.07) is 4.78. The van der Waals surface area contributed by atoms with E-state index in [1.54, 1.807) is 0 Å². The quantitative estimate of drug-likeness (QED) is 0.736. The van der Waals surface area contributed by atoms with Gasteiger partial charge in [-0.3, -0.25) is 4.98 Å². The lowest BCUT2D eigenvalue weighted by Crippen LogP contribution is -2.20. The molecule has 1 aromatic rings. The molecule has 0 radical (unpaired) electrons. The first-order chi connectivity index (χ1) is 6.86. The van der Waals surface area contributed by atoms with Crippen molar-refractivity contribution in [2.75, 3.05) is 6.54 Å². The molecule has 76 valence electrons. The van der Waals surface area contributed by atoms with Crippen LogP contribution in [0.4, 0.5) is 0 Å². The van der Waals surface area contributed by atoms with Crippen molar-refractivity contribution >= 4 is 0 Å². The van der Waals surface area contributed by atoms with E-state index >= 15 is 0 Å². The van der Waals surface area contributed by atoms with E-state index in [0.717, 1.165) is 12.5 Å². The predicted molar refractivity (Wildman–Crippen MR) is 58.0 cm³/mol. The van der Waals surface area contributed by atoms with Gasteiger partial charge in [-0.1, -0.05) is 6.92 Å². The van der Waals surface area contributed by atoms with E-state index in [1.165, 1.54) is 24.8 Å². The molecule has 1 aliphatic heterocycles. The number of hydrogen-bond acceptors (Lipinski definition) is 2.